The molecule has 2 N–H and O–H groups in total. The van der Waals surface area contributed by atoms with E-state index in [2.05, 4.69) is 5.32 Å². The molecule has 0 bridgehead atoms. The molecule has 1 heterocycles. The molecule has 0 aromatic heterocycles. The van der Waals surface area contributed by atoms with E-state index < -0.39 is 5.82 Å². The van der Waals surface area contributed by atoms with Crippen molar-refractivity contribution in [2.75, 3.05) is 6.54 Å². The highest BCUT2D eigenvalue weighted by molar-refractivity contribution is 5.98. The maximum Gasteiger partial charge on any atom is 0.254 e. The minimum Gasteiger partial charge on any atom is -0.349 e. The van der Waals surface area contributed by atoms with Crippen LogP contribution in [0.25, 0.3) is 11.1 Å². The van der Waals surface area contributed by atoms with Crippen LogP contribution in [0, 0.1) is 17.1 Å². The second-order valence-electron chi connectivity index (χ2n) is 10.5. The maximum atomic E-state index is 15.0. The second kappa shape index (κ2) is 9.92. The van der Waals surface area contributed by atoms with Crippen LogP contribution in [-0.4, -0.2) is 41.1 Å². The van der Waals surface area contributed by atoms with Crippen LogP contribution in [-0.2, 0) is 6.42 Å². The fourth-order valence-corrected chi connectivity index (χ4v) is 5.68. The normalized spacial score (nSPS) is 19.3. The molecule has 1 aliphatic heterocycles. The molecule has 6 heteroatoms. The van der Waals surface area contributed by atoms with Gasteiger partial charge in [-0.25, -0.2) is 4.39 Å². The summed E-state index contributed by atoms with van der Waals surface area (Å²) in [5.74, 6) is -0.262. The van der Waals surface area contributed by atoms with Crippen molar-refractivity contribution in [2.24, 2.45) is 5.92 Å². The molecule has 1 atom stereocenters. The number of amides is 2. The Labute approximate surface area is 206 Å². The van der Waals surface area contributed by atoms with E-state index in [0.717, 1.165) is 49.8 Å². The van der Waals surface area contributed by atoms with E-state index in [9.17, 15) is 9.59 Å². The first-order valence-electron chi connectivity index (χ1n) is 13.0. The second-order valence-corrected chi connectivity index (χ2v) is 10.5. The highest BCUT2D eigenvalue weighted by atomic mass is 19.1. The fraction of sp³-hybridized carbons (Fsp3) is 0.483. The Balaban J connectivity index is 1.28. The third-order valence-electron chi connectivity index (χ3n) is 8.10. The number of benzene rings is 2. The Morgan fingerprint density at radius 2 is 1.83 bits per heavy atom. The lowest BCUT2D eigenvalue weighted by atomic mass is 9.79. The van der Waals surface area contributed by atoms with Gasteiger partial charge in [0.05, 0.1) is 0 Å². The first-order valence-corrected chi connectivity index (χ1v) is 13.0. The van der Waals surface area contributed by atoms with E-state index in [1.807, 2.05) is 17.9 Å². The first kappa shape index (κ1) is 23.7. The van der Waals surface area contributed by atoms with E-state index in [-0.39, 0.29) is 23.9 Å². The summed E-state index contributed by atoms with van der Waals surface area (Å²) >= 11 is 0. The van der Waals surface area contributed by atoms with E-state index in [0.29, 0.717) is 47.6 Å². The van der Waals surface area contributed by atoms with Gasteiger partial charge in [0.2, 0.25) is 0 Å². The van der Waals surface area contributed by atoms with Gasteiger partial charge in [-0.05, 0) is 74.3 Å². The van der Waals surface area contributed by atoms with Crippen LogP contribution in [0.4, 0.5) is 4.39 Å². The quantitative estimate of drug-likeness (QED) is 0.500. The van der Waals surface area contributed by atoms with Crippen LogP contribution in [0.2, 0.25) is 0 Å². The summed E-state index contributed by atoms with van der Waals surface area (Å²) in [6.07, 6.45) is 8.98. The molecule has 2 aromatic rings. The SMILES string of the molecule is C[C@H](CC(=N)C1CCC1)N1CCc2cc(-c3ccc(C(=O)NC4CCCC4)cc3F)ccc2C1=O. The molecule has 2 aromatic carbocycles. The number of hydrogen-bond donors (Lipinski definition) is 2. The monoisotopic (exact) mass is 475 g/mol. The zero-order chi connectivity index (χ0) is 24.5. The van der Waals surface area contributed by atoms with Crippen molar-refractivity contribution in [3.05, 3.63) is 58.9 Å². The average molecular weight is 476 g/mol. The molecule has 2 fully saturated rings. The van der Waals surface area contributed by atoms with Crippen molar-refractivity contribution in [1.82, 2.24) is 10.2 Å². The highest BCUT2D eigenvalue weighted by Crippen LogP contribution is 2.32. The van der Waals surface area contributed by atoms with Crippen molar-refractivity contribution in [3.8, 4) is 11.1 Å². The zero-order valence-electron chi connectivity index (χ0n) is 20.4. The fourth-order valence-electron chi connectivity index (χ4n) is 5.68. The molecule has 0 saturated heterocycles. The number of nitrogens with zero attached hydrogens (tertiary/aromatic N) is 1. The molecular weight excluding hydrogens is 441 g/mol. The van der Waals surface area contributed by atoms with Gasteiger partial charge in [-0.3, -0.25) is 9.59 Å². The molecule has 184 valence electrons. The van der Waals surface area contributed by atoms with Gasteiger partial charge in [0, 0.05) is 47.5 Å². The average Bonchev–Trinajstić information content (AvgIpc) is 3.30. The Kier molecular flexibility index (Phi) is 6.72. The predicted octanol–water partition coefficient (Wildman–Crippen LogP) is 5.76. The number of carbonyl (C=O) groups excluding carboxylic acids is 2. The molecule has 5 rings (SSSR count). The van der Waals surface area contributed by atoms with Crippen LogP contribution in [0.15, 0.2) is 36.4 Å². The largest absolute Gasteiger partial charge is 0.349 e. The van der Waals surface area contributed by atoms with Crippen molar-refractivity contribution in [3.63, 3.8) is 0 Å². The number of fused-ring (bicyclic) bond motifs is 1. The van der Waals surface area contributed by atoms with Gasteiger partial charge in [-0.1, -0.05) is 37.5 Å². The molecule has 0 radical (unpaired) electrons. The van der Waals surface area contributed by atoms with E-state index in [1.165, 1.54) is 12.5 Å². The topological polar surface area (TPSA) is 73.3 Å². The zero-order valence-corrected chi connectivity index (χ0v) is 20.4. The Hall–Kier alpha value is -3.02. The van der Waals surface area contributed by atoms with Crippen molar-refractivity contribution in [2.45, 2.75) is 76.8 Å². The molecule has 2 amide bonds. The van der Waals surface area contributed by atoms with Gasteiger partial charge in [-0.15, -0.1) is 0 Å². The molecule has 2 aliphatic carbocycles. The Morgan fingerprint density at radius 1 is 1.09 bits per heavy atom. The van der Waals surface area contributed by atoms with Crippen molar-refractivity contribution in [1.29, 1.82) is 5.41 Å². The molecular formula is C29H34FN3O2. The summed E-state index contributed by atoms with van der Waals surface area (Å²) in [5, 5.41) is 11.4. The number of rotatable bonds is 7. The smallest absolute Gasteiger partial charge is 0.254 e. The van der Waals surface area contributed by atoms with Crippen LogP contribution in [0.1, 0.15) is 84.6 Å². The van der Waals surface area contributed by atoms with Crippen LogP contribution in [0.3, 0.4) is 0 Å². The molecule has 0 spiro atoms. The van der Waals surface area contributed by atoms with Gasteiger partial charge >= 0.3 is 0 Å². The Bertz CT molecular complexity index is 1150. The Morgan fingerprint density at radius 3 is 2.51 bits per heavy atom. The maximum absolute atomic E-state index is 15.0. The first-order chi connectivity index (χ1) is 16.9. The van der Waals surface area contributed by atoms with Gasteiger partial charge < -0.3 is 15.6 Å². The van der Waals surface area contributed by atoms with Crippen LogP contribution < -0.4 is 5.32 Å². The third-order valence-corrected chi connectivity index (χ3v) is 8.10. The standard InChI is InChI=1S/C29H34FN3O2/c1-18(15-27(31)19-5-4-6-19)33-14-13-21-16-20(9-12-25(21)29(33)35)24-11-10-22(17-26(24)30)28(34)32-23-7-2-3-8-23/h9-12,16-19,23,31H,2-8,13-15H2,1H3,(H,32,34)/t18-/m1/s1. The van der Waals surface area contributed by atoms with Gasteiger partial charge in [0.1, 0.15) is 5.82 Å². The summed E-state index contributed by atoms with van der Waals surface area (Å²) < 4.78 is 15.0. The van der Waals surface area contributed by atoms with Gasteiger partial charge in [-0.2, -0.15) is 0 Å². The van der Waals surface area contributed by atoms with Gasteiger partial charge in [0.25, 0.3) is 11.8 Å². The number of halogens is 1. The van der Waals surface area contributed by atoms with Gasteiger partial charge in [0.15, 0.2) is 0 Å². The summed E-state index contributed by atoms with van der Waals surface area (Å²) in [6.45, 7) is 2.64. The minimum absolute atomic E-state index is 0.00351. The van der Waals surface area contributed by atoms with Crippen molar-refractivity contribution >= 4 is 17.5 Å². The molecule has 2 saturated carbocycles. The molecule has 35 heavy (non-hydrogen) atoms. The number of hydrogen-bond acceptors (Lipinski definition) is 3. The highest BCUT2D eigenvalue weighted by Gasteiger charge is 2.31. The minimum atomic E-state index is -0.434. The molecule has 3 aliphatic rings. The molecule has 0 unspecified atom stereocenters. The number of carbonyl (C=O) groups is 2. The summed E-state index contributed by atoms with van der Waals surface area (Å²) in [4.78, 5) is 27.6. The number of nitrogens with one attached hydrogen (secondary N) is 2. The van der Waals surface area contributed by atoms with E-state index >= 15 is 4.39 Å². The lowest BCUT2D eigenvalue weighted by molar-refractivity contribution is 0.0678. The lowest BCUT2D eigenvalue weighted by Gasteiger charge is -2.36. The van der Waals surface area contributed by atoms with E-state index in [1.54, 1.807) is 24.3 Å². The predicted molar refractivity (Wildman–Crippen MR) is 135 cm³/mol. The van der Waals surface area contributed by atoms with Crippen molar-refractivity contribution < 1.29 is 14.0 Å². The summed E-state index contributed by atoms with van der Waals surface area (Å²) in [6, 6.07) is 10.3. The summed E-state index contributed by atoms with van der Waals surface area (Å²) in [7, 11) is 0. The van der Waals surface area contributed by atoms with Crippen LogP contribution >= 0.6 is 0 Å². The van der Waals surface area contributed by atoms with E-state index in [4.69, 9.17) is 5.41 Å². The van der Waals surface area contributed by atoms with Crippen LogP contribution in [0.5, 0.6) is 0 Å². The summed E-state index contributed by atoms with van der Waals surface area (Å²) in [5.41, 5.74) is 3.84. The molecule has 5 nitrogen and oxygen atoms in total. The third kappa shape index (κ3) is 4.89. The lowest BCUT2D eigenvalue weighted by Crippen LogP contribution is -2.45.